The standard InChI is InChI=1S/C21H25ClN2O4S/c22-18-6-3-17(4-7-18)5-12-21(25)23-13-16-28-19-8-10-20(11-9-19)29(26,27)24-14-1-2-15-24/h3-4,6-11H,1-2,5,12-16H2,(H,23,25). The molecule has 29 heavy (non-hydrogen) atoms. The zero-order valence-corrected chi connectivity index (χ0v) is 17.7. The Hall–Kier alpha value is -2.09. The summed E-state index contributed by atoms with van der Waals surface area (Å²) in [7, 11) is -3.41. The highest BCUT2D eigenvalue weighted by molar-refractivity contribution is 7.89. The van der Waals surface area contributed by atoms with Gasteiger partial charge in [-0.1, -0.05) is 23.7 Å². The summed E-state index contributed by atoms with van der Waals surface area (Å²) in [6.45, 7) is 1.86. The van der Waals surface area contributed by atoms with Gasteiger partial charge < -0.3 is 10.1 Å². The van der Waals surface area contributed by atoms with Crippen molar-refractivity contribution in [2.24, 2.45) is 0 Å². The Bertz CT molecular complexity index is 909. The molecule has 0 bridgehead atoms. The van der Waals surface area contributed by atoms with Gasteiger partial charge >= 0.3 is 0 Å². The van der Waals surface area contributed by atoms with E-state index < -0.39 is 10.0 Å². The molecular formula is C21H25ClN2O4S. The van der Waals surface area contributed by atoms with Crippen molar-refractivity contribution >= 4 is 27.5 Å². The van der Waals surface area contributed by atoms with Crippen LogP contribution in [0.3, 0.4) is 0 Å². The molecule has 6 nitrogen and oxygen atoms in total. The smallest absolute Gasteiger partial charge is 0.243 e. The average Bonchev–Trinajstić information content (AvgIpc) is 3.27. The summed E-state index contributed by atoms with van der Waals surface area (Å²) in [6.07, 6.45) is 2.86. The molecule has 1 N–H and O–H groups in total. The predicted molar refractivity (Wildman–Crippen MR) is 113 cm³/mol. The molecule has 0 spiro atoms. The molecule has 2 aromatic carbocycles. The number of rotatable bonds is 9. The van der Waals surface area contributed by atoms with Crippen LogP contribution in [0.5, 0.6) is 5.75 Å². The molecule has 8 heteroatoms. The Labute approximate surface area is 176 Å². The number of nitrogens with zero attached hydrogens (tertiary/aromatic N) is 1. The maximum atomic E-state index is 12.5. The Balaban J connectivity index is 1.38. The highest BCUT2D eigenvalue weighted by atomic mass is 35.5. The van der Waals surface area contributed by atoms with Crippen molar-refractivity contribution in [3.8, 4) is 5.75 Å². The van der Waals surface area contributed by atoms with Crippen LogP contribution in [0.2, 0.25) is 5.02 Å². The van der Waals surface area contributed by atoms with Gasteiger partial charge in [0.2, 0.25) is 15.9 Å². The highest BCUT2D eigenvalue weighted by Gasteiger charge is 2.26. The zero-order chi connectivity index (χ0) is 20.7. The van der Waals surface area contributed by atoms with E-state index in [0.29, 0.717) is 49.9 Å². The number of amides is 1. The van der Waals surface area contributed by atoms with Crippen LogP contribution in [-0.2, 0) is 21.2 Å². The lowest BCUT2D eigenvalue weighted by atomic mass is 10.1. The van der Waals surface area contributed by atoms with Crippen LogP contribution in [0.25, 0.3) is 0 Å². The van der Waals surface area contributed by atoms with E-state index in [-0.39, 0.29) is 10.8 Å². The summed E-state index contributed by atoms with van der Waals surface area (Å²) in [5.74, 6) is 0.524. The van der Waals surface area contributed by atoms with E-state index in [0.717, 1.165) is 18.4 Å². The minimum Gasteiger partial charge on any atom is -0.492 e. The van der Waals surface area contributed by atoms with Gasteiger partial charge in [0.25, 0.3) is 0 Å². The number of hydrogen-bond donors (Lipinski definition) is 1. The quantitative estimate of drug-likeness (QED) is 0.612. The predicted octanol–water partition coefficient (Wildman–Crippen LogP) is 3.25. The number of halogens is 1. The fraction of sp³-hybridized carbons (Fsp3) is 0.381. The fourth-order valence-corrected chi connectivity index (χ4v) is 4.79. The lowest BCUT2D eigenvalue weighted by Crippen LogP contribution is -2.28. The van der Waals surface area contributed by atoms with Gasteiger partial charge in [0, 0.05) is 24.5 Å². The maximum Gasteiger partial charge on any atom is 0.243 e. The third-order valence-corrected chi connectivity index (χ3v) is 6.94. The number of hydrogen-bond acceptors (Lipinski definition) is 4. The average molecular weight is 437 g/mol. The number of benzene rings is 2. The topological polar surface area (TPSA) is 75.7 Å². The van der Waals surface area contributed by atoms with Crippen LogP contribution in [0.15, 0.2) is 53.4 Å². The summed E-state index contributed by atoms with van der Waals surface area (Å²) >= 11 is 5.84. The molecule has 0 saturated carbocycles. The van der Waals surface area contributed by atoms with Crippen LogP contribution < -0.4 is 10.1 Å². The number of carbonyl (C=O) groups is 1. The van der Waals surface area contributed by atoms with Crippen LogP contribution in [0.4, 0.5) is 0 Å². The third kappa shape index (κ3) is 6.19. The molecule has 0 unspecified atom stereocenters. The van der Waals surface area contributed by atoms with Crippen LogP contribution >= 0.6 is 11.6 Å². The van der Waals surface area contributed by atoms with Crippen LogP contribution in [-0.4, -0.2) is 44.9 Å². The van der Waals surface area contributed by atoms with Gasteiger partial charge in [-0.2, -0.15) is 4.31 Å². The Kier molecular flexibility index (Phi) is 7.52. The molecule has 0 aliphatic carbocycles. The summed E-state index contributed by atoms with van der Waals surface area (Å²) in [5, 5.41) is 3.49. The molecule has 0 radical (unpaired) electrons. The maximum absolute atomic E-state index is 12.5. The first-order valence-electron chi connectivity index (χ1n) is 9.69. The van der Waals surface area contributed by atoms with Crippen molar-refractivity contribution in [3.05, 3.63) is 59.1 Å². The number of ether oxygens (including phenoxy) is 1. The van der Waals surface area contributed by atoms with Crippen LogP contribution in [0.1, 0.15) is 24.8 Å². The summed E-state index contributed by atoms with van der Waals surface area (Å²) in [4.78, 5) is 12.2. The number of carbonyl (C=O) groups excluding carboxylic acids is 1. The lowest BCUT2D eigenvalue weighted by molar-refractivity contribution is -0.121. The van der Waals surface area contributed by atoms with Gasteiger partial charge in [-0.3, -0.25) is 4.79 Å². The largest absolute Gasteiger partial charge is 0.492 e. The minimum absolute atomic E-state index is 0.0457. The summed E-state index contributed by atoms with van der Waals surface area (Å²) < 4.78 is 32.1. The summed E-state index contributed by atoms with van der Waals surface area (Å²) in [6, 6.07) is 13.9. The molecule has 156 valence electrons. The van der Waals surface area contributed by atoms with Gasteiger partial charge in [0.05, 0.1) is 11.4 Å². The van der Waals surface area contributed by atoms with Crippen LogP contribution in [0, 0.1) is 0 Å². The summed E-state index contributed by atoms with van der Waals surface area (Å²) in [5.41, 5.74) is 1.06. The van der Waals surface area contributed by atoms with Crippen molar-refractivity contribution in [2.45, 2.75) is 30.6 Å². The Morgan fingerprint density at radius 2 is 1.69 bits per heavy atom. The molecule has 1 aliphatic heterocycles. The lowest BCUT2D eigenvalue weighted by Gasteiger charge is -2.15. The van der Waals surface area contributed by atoms with E-state index >= 15 is 0 Å². The molecule has 0 atom stereocenters. The minimum atomic E-state index is -3.41. The van der Waals surface area contributed by atoms with E-state index in [1.165, 1.54) is 4.31 Å². The van der Waals surface area contributed by atoms with Crippen molar-refractivity contribution in [1.29, 1.82) is 0 Å². The second-order valence-corrected chi connectivity index (χ2v) is 9.28. The molecule has 1 heterocycles. The second-order valence-electron chi connectivity index (χ2n) is 6.91. The number of nitrogens with one attached hydrogen (secondary N) is 1. The van der Waals surface area contributed by atoms with Gasteiger partial charge in [-0.15, -0.1) is 0 Å². The van der Waals surface area contributed by atoms with Gasteiger partial charge in [-0.05, 0) is 61.2 Å². The van der Waals surface area contributed by atoms with E-state index in [4.69, 9.17) is 16.3 Å². The van der Waals surface area contributed by atoms with Gasteiger partial charge in [0.15, 0.2) is 0 Å². The Morgan fingerprint density at radius 3 is 2.34 bits per heavy atom. The van der Waals surface area contributed by atoms with Crippen molar-refractivity contribution in [3.63, 3.8) is 0 Å². The number of aryl methyl sites for hydroxylation is 1. The van der Waals surface area contributed by atoms with E-state index in [2.05, 4.69) is 5.32 Å². The molecule has 0 aromatic heterocycles. The second kappa shape index (κ2) is 10.1. The molecule has 1 aliphatic rings. The van der Waals surface area contributed by atoms with Crippen molar-refractivity contribution in [2.75, 3.05) is 26.2 Å². The van der Waals surface area contributed by atoms with Gasteiger partial charge in [0.1, 0.15) is 12.4 Å². The fourth-order valence-electron chi connectivity index (χ4n) is 3.14. The monoisotopic (exact) mass is 436 g/mol. The molecule has 1 fully saturated rings. The third-order valence-electron chi connectivity index (χ3n) is 4.77. The Morgan fingerprint density at radius 1 is 1.03 bits per heavy atom. The molecule has 1 saturated heterocycles. The highest BCUT2D eigenvalue weighted by Crippen LogP contribution is 2.22. The molecule has 2 aromatic rings. The van der Waals surface area contributed by atoms with E-state index in [9.17, 15) is 13.2 Å². The zero-order valence-electron chi connectivity index (χ0n) is 16.1. The normalized spacial score (nSPS) is 14.7. The van der Waals surface area contributed by atoms with Crippen molar-refractivity contribution in [1.82, 2.24) is 9.62 Å². The molecule has 1 amide bonds. The van der Waals surface area contributed by atoms with E-state index in [1.807, 2.05) is 24.3 Å². The molecule has 3 rings (SSSR count). The van der Waals surface area contributed by atoms with Crippen molar-refractivity contribution < 1.29 is 17.9 Å². The van der Waals surface area contributed by atoms with Gasteiger partial charge in [-0.25, -0.2) is 8.42 Å². The SMILES string of the molecule is O=C(CCc1ccc(Cl)cc1)NCCOc1ccc(S(=O)(=O)N2CCCC2)cc1. The molecular weight excluding hydrogens is 412 g/mol. The first-order valence-corrected chi connectivity index (χ1v) is 11.5. The number of sulfonamides is 1. The van der Waals surface area contributed by atoms with E-state index in [1.54, 1.807) is 24.3 Å². The first-order chi connectivity index (χ1) is 13.9. The first kappa shape index (κ1) is 21.6.